The summed E-state index contributed by atoms with van der Waals surface area (Å²) in [6, 6.07) is 5.09. The minimum Gasteiger partial charge on any atom is -0.481 e. The van der Waals surface area contributed by atoms with E-state index in [0.717, 1.165) is 0 Å². The Labute approximate surface area is 174 Å². The van der Waals surface area contributed by atoms with E-state index in [4.69, 9.17) is 9.47 Å². The van der Waals surface area contributed by atoms with Gasteiger partial charge in [-0.3, -0.25) is 14.4 Å². The van der Waals surface area contributed by atoms with Crippen LogP contribution in [0.5, 0.6) is 0 Å². The molecule has 1 aromatic rings. The molecule has 0 radical (unpaired) electrons. The molecule has 1 aromatic carbocycles. The lowest BCUT2D eigenvalue weighted by atomic mass is 9.98. The number of hydrogen-bond donors (Lipinski definition) is 0. The van der Waals surface area contributed by atoms with Gasteiger partial charge in [0.1, 0.15) is 11.4 Å². The molecule has 30 heavy (non-hydrogen) atoms. The van der Waals surface area contributed by atoms with Crippen LogP contribution in [0.2, 0.25) is 0 Å². The van der Waals surface area contributed by atoms with E-state index in [-0.39, 0.29) is 41.7 Å². The largest absolute Gasteiger partial charge is 0.481 e. The SMILES string of the molecule is CC1(C)CC(=O)C=C(C(=O)N2C[C@H]3COC[C@@H]2CN(C(=O)c2ccc(F)cc2)C3)O1. The Kier molecular flexibility index (Phi) is 5.36. The first-order valence-electron chi connectivity index (χ1n) is 10.1. The molecule has 3 heterocycles. The van der Waals surface area contributed by atoms with Gasteiger partial charge >= 0.3 is 0 Å². The van der Waals surface area contributed by atoms with Gasteiger partial charge in [-0.25, -0.2) is 4.39 Å². The van der Waals surface area contributed by atoms with Gasteiger partial charge in [-0.1, -0.05) is 0 Å². The minimum absolute atomic E-state index is 0.0419. The Morgan fingerprint density at radius 1 is 1.07 bits per heavy atom. The maximum atomic E-state index is 13.2. The third kappa shape index (κ3) is 4.23. The molecule has 2 bridgehead atoms. The molecule has 3 aliphatic heterocycles. The van der Waals surface area contributed by atoms with Crippen LogP contribution in [0.3, 0.4) is 0 Å². The fourth-order valence-corrected chi connectivity index (χ4v) is 4.26. The summed E-state index contributed by atoms with van der Waals surface area (Å²) in [7, 11) is 0. The maximum Gasteiger partial charge on any atom is 0.289 e. The van der Waals surface area contributed by atoms with Crippen LogP contribution in [-0.2, 0) is 19.1 Å². The van der Waals surface area contributed by atoms with Gasteiger partial charge in [0, 0.05) is 43.6 Å². The van der Waals surface area contributed by atoms with Crippen LogP contribution in [-0.4, -0.2) is 71.9 Å². The normalized spacial score (nSPS) is 25.8. The van der Waals surface area contributed by atoms with Crippen molar-refractivity contribution in [3.63, 3.8) is 0 Å². The van der Waals surface area contributed by atoms with Gasteiger partial charge in [0.05, 0.1) is 19.3 Å². The highest BCUT2D eigenvalue weighted by atomic mass is 19.1. The van der Waals surface area contributed by atoms with E-state index in [1.54, 1.807) is 23.6 Å². The molecule has 0 unspecified atom stereocenters. The predicted molar refractivity (Wildman–Crippen MR) is 105 cm³/mol. The Morgan fingerprint density at radius 2 is 1.80 bits per heavy atom. The summed E-state index contributed by atoms with van der Waals surface area (Å²) in [5.41, 5.74) is -0.334. The number of fused-ring (bicyclic) bond motifs is 3. The number of rotatable bonds is 2. The number of nitrogens with zero attached hydrogens (tertiary/aromatic N) is 2. The summed E-state index contributed by atoms with van der Waals surface area (Å²) in [5.74, 6) is -1.13. The van der Waals surface area contributed by atoms with Crippen molar-refractivity contribution >= 4 is 17.6 Å². The highest BCUT2D eigenvalue weighted by Crippen LogP contribution is 2.28. The lowest BCUT2D eigenvalue weighted by Gasteiger charge is -2.35. The molecule has 2 fully saturated rings. The van der Waals surface area contributed by atoms with Gasteiger partial charge < -0.3 is 19.3 Å². The van der Waals surface area contributed by atoms with Crippen molar-refractivity contribution in [3.8, 4) is 0 Å². The lowest BCUT2D eigenvalue weighted by Crippen LogP contribution is -2.49. The highest BCUT2D eigenvalue weighted by molar-refractivity contribution is 6.02. The Hall–Kier alpha value is -2.74. The van der Waals surface area contributed by atoms with Crippen molar-refractivity contribution in [1.82, 2.24) is 9.80 Å². The fourth-order valence-electron chi connectivity index (χ4n) is 4.26. The summed E-state index contributed by atoms with van der Waals surface area (Å²) in [6.45, 7) is 5.41. The van der Waals surface area contributed by atoms with Crippen LogP contribution in [0, 0.1) is 11.7 Å². The lowest BCUT2D eigenvalue weighted by molar-refractivity contribution is -0.140. The first kappa shape index (κ1) is 20.5. The molecule has 160 valence electrons. The van der Waals surface area contributed by atoms with E-state index >= 15 is 0 Å². The molecular formula is C22H25FN2O5. The number of benzene rings is 1. The second kappa shape index (κ2) is 7.83. The first-order valence-corrected chi connectivity index (χ1v) is 10.1. The third-order valence-corrected chi connectivity index (χ3v) is 5.60. The molecule has 2 atom stereocenters. The molecule has 0 aromatic heterocycles. The van der Waals surface area contributed by atoms with Crippen molar-refractivity contribution in [2.24, 2.45) is 5.92 Å². The molecule has 0 saturated carbocycles. The molecule has 0 spiro atoms. The van der Waals surface area contributed by atoms with Crippen LogP contribution < -0.4 is 0 Å². The zero-order valence-electron chi connectivity index (χ0n) is 17.1. The second-order valence-electron chi connectivity index (χ2n) is 8.75. The Bertz CT molecular complexity index is 895. The van der Waals surface area contributed by atoms with E-state index in [1.807, 2.05) is 0 Å². The van der Waals surface area contributed by atoms with E-state index in [0.29, 0.717) is 38.4 Å². The van der Waals surface area contributed by atoms with Crippen LogP contribution in [0.4, 0.5) is 4.39 Å². The van der Waals surface area contributed by atoms with Gasteiger partial charge in [0.25, 0.3) is 11.8 Å². The fraction of sp³-hybridized carbons (Fsp3) is 0.500. The number of amides is 2. The van der Waals surface area contributed by atoms with E-state index < -0.39 is 11.4 Å². The van der Waals surface area contributed by atoms with E-state index in [9.17, 15) is 18.8 Å². The standard InChI is InChI=1S/C22H25FN2O5/c1-22(2)8-18(26)7-19(30-22)21(28)25-10-14-9-24(11-17(25)13-29-12-14)20(27)15-3-5-16(23)6-4-15/h3-7,14,17H,8-13H2,1-2H3/t14-,17-/m0/s1. The van der Waals surface area contributed by atoms with Gasteiger partial charge in [-0.2, -0.15) is 0 Å². The number of carbonyl (C=O) groups excluding carboxylic acids is 3. The summed E-state index contributed by atoms with van der Waals surface area (Å²) < 4.78 is 24.7. The molecule has 7 nitrogen and oxygen atoms in total. The maximum absolute atomic E-state index is 13.2. The average molecular weight is 416 g/mol. The van der Waals surface area contributed by atoms with Gasteiger partial charge in [0.15, 0.2) is 11.5 Å². The van der Waals surface area contributed by atoms with Crippen molar-refractivity contribution < 1.29 is 28.2 Å². The van der Waals surface area contributed by atoms with Crippen molar-refractivity contribution in [2.75, 3.05) is 32.8 Å². The van der Waals surface area contributed by atoms with E-state index in [1.165, 1.54) is 30.3 Å². The molecule has 4 rings (SSSR count). The molecule has 2 amide bonds. The number of ether oxygens (including phenoxy) is 2. The molecular weight excluding hydrogens is 391 g/mol. The minimum atomic E-state index is -0.737. The number of hydrogen-bond acceptors (Lipinski definition) is 5. The van der Waals surface area contributed by atoms with E-state index in [2.05, 4.69) is 0 Å². The highest BCUT2D eigenvalue weighted by Gasteiger charge is 2.41. The molecule has 8 heteroatoms. The average Bonchev–Trinajstić information content (AvgIpc) is 2.97. The zero-order chi connectivity index (χ0) is 21.5. The van der Waals surface area contributed by atoms with Crippen LogP contribution >= 0.6 is 0 Å². The van der Waals surface area contributed by atoms with Crippen molar-refractivity contribution in [1.29, 1.82) is 0 Å². The summed E-state index contributed by atoms with van der Waals surface area (Å²) in [6.07, 6.45) is 1.49. The van der Waals surface area contributed by atoms with Gasteiger partial charge in [-0.15, -0.1) is 0 Å². The van der Waals surface area contributed by atoms with Gasteiger partial charge in [0.2, 0.25) is 0 Å². The third-order valence-electron chi connectivity index (χ3n) is 5.60. The Morgan fingerprint density at radius 3 is 2.50 bits per heavy atom. The summed E-state index contributed by atoms with van der Waals surface area (Å²) in [4.78, 5) is 41.6. The molecule has 0 aliphatic carbocycles. The topological polar surface area (TPSA) is 76.2 Å². The number of ketones is 1. The molecule has 3 aliphatic rings. The van der Waals surface area contributed by atoms with Crippen LogP contribution in [0.15, 0.2) is 36.1 Å². The van der Waals surface area contributed by atoms with Crippen molar-refractivity contribution in [3.05, 3.63) is 47.5 Å². The van der Waals surface area contributed by atoms with Crippen LogP contribution in [0.25, 0.3) is 0 Å². The summed E-state index contributed by atoms with van der Waals surface area (Å²) in [5, 5.41) is 0. The Balaban J connectivity index is 1.56. The number of halogens is 1. The molecule has 2 saturated heterocycles. The number of allylic oxidation sites excluding steroid dienone is 1. The van der Waals surface area contributed by atoms with Crippen LogP contribution in [0.1, 0.15) is 30.6 Å². The predicted octanol–water partition coefficient (Wildman–Crippen LogP) is 1.78. The first-order chi connectivity index (χ1) is 14.2. The van der Waals surface area contributed by atoms with Crippen molar-refractivity contribution in [2.45, 2.75) is 31.9 Å². The summed E-state index contributed by atoms with van der Waals surface area (Å²) >= 11 is 0. The monoisotopic (exact) mass is 416 g/mol. The van der Waals surface area contributed by atoms with Gasteiger partial charge in [-0.05, 0) is 38.1 Å². The quantitative estimate of drug-likeness (QED) is 0.735. The smallest absolute Gasteiger partial charge is 0.289 e. The number of carbonyl (C=O) groups is 3. The zero-order valence-corrected chi connectivity index (χ0v) is 17.1. The second-order valence-corrected chi connectivity index (χ2v) is 8.75. The molecule has 0 N–H and O–H groups in total.